The van der Waals surface area contributed by atoms with Gasteiger partial charge in [-0.15, -0.1) is 0 Å². The van der Waals surface area contributed by atoms with Gasteiger partial charge in [-0.25, -0.2) is 0 Å². The van der Waals surface area contributed by atoms with Gasteiger partial charge in [0.25, 0.3) is 0 Å². The normalized spacial score (nSPS) is 10.8. The lowest BCUT2D eigenvalue weighted by molar-refractivity contribution is -0.138. The van der Waals surface area contributed by atoms with Crippen molar-refractivity contribution < 1.29 is 19.8 Å². The molecule has 0 aliphatic rings. The number of nitrogens with one attached hydrogen (secondary N) is 2. The lowest BCUT2D eigenvalue weighted by Gasteiger charge is -2.05. The molecule has 0 aromatic rings. The summed E-state index contributed by atoms with van der Waals surface area (Å²) < 4.78 is 0. The molecule has 0 heterocycles. The average molecular weight is 344 g/mol. The molecule has 0 radical (unpaired) electrons. The van der Waals surface area contributed by atoms with Gasteiger partial charge in [0.2, 0.25) is 0 Å². The van der Waals surface area contributed by atoms with Crippen LogP contribution >= 0.6 is 0 Å². The third-order valence-electron chi connectivity index (χ3n) is 3.95. The number of unbranched alkanes of at least 4 members (excludes halogenated alkanes) is 7. The van der Waals surface area contributed by atoms with Gasteiger partial charge < -0.3 is 20.8 Å². The van der Waals surface area contributed by atoms with Crippen LogP contribution in [0.1, 0.15) is 77.0 Å². The molecular weight excluding hydrogens is 308 g/mol. The Kier molecular flexibility index (Phi) is 17.3. The Bertz CT molecular complexity index is 281. The van der Waals surface area contributed by atoms with Crippen molar-refractivity contribution in [3.05, 3.63) is 0 Å². The van der Waals surface area contributed by atoms with Gasteiger partial charge in [-0.05, 0) is 51.9 Å². The maximum Gasteiger partial charge on any atom is 0.303 e. The van der Waals surface area contributed by atoms with E-state index in [1.807, 2.05) is 0 Å². The lowest BCUT2D eigenvalue weighted by atomic mass is 10.1. The first-order chi connectivity index (χ1) is 11.6. The average Bonchev–Trinajstić information content (AvgIpc) is 2.53. The fourth-order valence-electron chi connectivity index (χ4n) is 2.54. The second kappa shape index (κ2) is 18.2. The lowest BCUT2D eigenvalue weighted by Crippen LogP contribution is -2.17. The number of carbonyl (C=O) groups is 2. The van der Waals surface area contributed by atoms with Crippen molar-refractivity contribution >= 4 is 11.9 Å². The van der Waals surface area contributed by atoms with E-state index < -0.39 is 11.9 Å². The van der Waals surface area contributed by atoms with E-state index in [2.05, 4.69) is 10.6 Å². The van der Waals surface area contributed by atoms with Crippen molar-refractivity contribution in [2.45, 2.75) is 77.0 Å². The summed E-state index contributed by atoms with van der Waals surface area (Å²) in [6.45, 7) is 3.59. The molecule has 6 heteroatoms. The van der Waals surface area contributed by atoms with Crippen LogP contribution in [-0.4, -0.2) is 48.3 Å². The molecule has 4 N–H and O–H groups in total. The Morgan fingerprint density at radius 2 is 0.792 bits per heavy atom. The van der Waals surface area contributed by atoms with Gasteiger partial charge in [0.15, 0.2) is 0 Å². The molecule has 0 spiro atoms. The molecule has 0 aromatic heterocycles. The molecule has 0 saturated heterocycles. The van der Waals surface area contributed by atoms with Gasteiger partial charge in [-0.3, -0.25) is 9.59 Å². The molecule has 6 nitrogen and oxygen atoms in total. The van der Waals surface area contributed by atoms with Crippen molar-refractivity contribution in [3.63, 3.8) is 0 Å². The van der Waals surface area contributed by atoms with Crippen LogP contribution in [0, 0.1) is 0 Å². The van der Waals surface area contributed by atoms with Crippen molar-refractivity contribution in [1.82, 2.24) is 10.6 Å². The van der Waals surface area contributed by atoms with Crippen molar-refractivity contribution in [1.29, 1.82) is 0 Å². The van der Waals surface area contributed by atoms with E-state index in [1.165, 1.54) is 51.4 Å². The Hall–Kier alpha value is -1.14. The maximum atomic E-state index is 10.3. The highest BCUT2D eigenvalue weighted by molar-refractivity contribution is 5.66. The molecule has 0 aliphatic carbocycles. The minimum absolute atomic E-state index is 0.255. The maximum absolute atomic E-state index is 10.3. The summed E-state index contributed by atoms with van der Waals surface area (Å²) in [5.41, 5.74) is 0. The zero-order valence-electron chi connectivity index (χ0n) is 15.0. The number of carboxylic acids is 2. The second-order valence-corrected chi connectivity index (χ2v) is 6.32. The van der Waals surface area contributed by atoms with E-state index in [0.717, 1.165) is 26.2 Å². The molecule has 142 valence electrons. The topological polar surface area (TPSA) is 98.7 Å². The highest BCUT2D eigenvalue weighted by Crippen LogP contribution is 2.08. The molecule has 0 unspecified atom stereocenters. The largest absolute Gasteiger partial charge is 0.481 e. The molecule has 0 fully saturated rings. The molecule has 0 aromatic carbocycles. The number of aliphatic carboxylic acids is 2. The Balaban J connectivity index is 3.00. The van der Waals surface area contributed by atoms with E-state index >= 15 is 0 Å². The summed E-state index contributed by atoms with van der Waals surface area (Å²) in [6, 6.07) is 0. The predicted octanol–water partition coefficient (Wildman–Crippen LogP) is 3.02. The Morgan fingerprint density at radius 3 is 1.12 bits per heavy atom. The van der Waals surface area contributed by atoms with Gasteiger partial charge in [0, 0.05) is 12.8 Å². The first-order valence-corrected chi connectivity index (χ1v) is 9.48. The summed E-state index contributed by atoms with van der Waals surface area (Å²) in [4.78, 5) is 20.7. The van der Waals surface area contributed by atoms with Crippen LogP contribution < -0.4 is 10.6 Å². The van der Waals surface area contributed by atoms with Crippen LogP contribution in [0.3, 0.4) is 0 Å². The molecule has 0 atom stereocenters. The first-order valence-electron chi connectivity index (χ1n) is 9.48. The summed E-state index contributed by atoms with van der Waals surface area (Å²) in [5.74, 6) is -1.43. The third kappa shape index (κ3) is 20.9. The number of rotatable bonds is 19. The molecule has 0 amide bonds. The standard InChI is InChI=1S/C18H36N2O4/c21-17(22)11-9-15-19-13-7-5-3-1-2-4-6-8-14-20-16-10-12-18(23)24/h19-20H,1-16H2,(H,21,22)(H,23,24). The van der Waals surface area contributed by atoms with E-state index in [4.69, 9.17) is 10.2 Å². The quantitative estimate of drug-likeness (QED) is 0.269. The van der Waals surface area contributed by atoms with Crippen molar-refractivity contribution in [2.24, 2.45) is 0 Å². The molecule has 0 aliphatic heterocycles. The van der Waals surface area contributed by atoms with Crippen LogP contribution in [0.5, 0.6) is 0 Å². The number of carboxylic acid groups (broad SMARTS) is 2. The summed E-state index contributed by atoms with van der Waals surface area (Å²) >= 11 is 0. The van der Waals surface area contributed by atoms with E-state index in [0.29, 0.717) is 12.8 Å². The monoisotopic (exact) mass is 344 g/mol. The SMILES string of the molecule is O=C(O)CCCNCCCCCCCCCCNCCCC(=O)O. The minimum Gasteiger partial charge on any atom is -0.481 e. The van der Waals surface area contributed by atoms with Crippen LogP contribution in [-0.2, 0) is 9.59 Å². The third-order valence-corrected chi connectivity index (χ3v) is 3.95. The fraction of sp³-hybridized carbons (Fsp3) is 0.889. The highest BCUT2D eigenvalue weighted by Gasteiger charge is 1.97. The molecule has 0 saturated carbocycles. The molecule has 24 heavy (non-hydrogen) atoms. The molecule has 0 bridgehead atoms. The summed E-state index contributed by atoms with van der Waals surface area (Å²) in [5, 5.41) is 23.6. The first kappa shape index (κ1) is 22.9. The zero-order valence-corrected chi connectivity index (χ0v) is 15.0. The molecule has 0 rings (SSSR count). The van der Waals surface area contributed by atoms with Gasteiger partial charge in [-0.1, -0.05) is 38.5 Å². The van der Waals surface area contributed by atoms with Gasteiger partial charge >= 0.3 is 11.9 Å². The van der Waals surface area contributed by atoms with E-state index in [-0.39, 0.29) is 12.8 Å². The van der Waals surface area contributed by atoms with Gasteiger partial charge in [0.1, 0.15) is 0 Å². The second-order valence-electron chi connectivity index (χ2n) is 6.32. The van der Waals surface area contributed by atoms with Gasteiger partial charge in [0.05, 0.1) is 0 Å². The molecular formula is C18H36N2O4. The van der Waals surface area contributed by atoms with Crippen LogP contribution in [0.25, 0.3) is 0 Å². The minimum atomic E-state index is -0.717. The van der Waals surface area contributed by atoms with E-state index in [1.54, 1.807) is 0 Å². The zero-order chi connectivity index (χ0) is 17.9. The highest BCUT2D eigenvalue weighted by atomic mass is 16.4. The van der Waals surface area contributed by atoms with Crippen molar-refractivity contribution in [3.8, 4) is 0 Å². The van der Waals surface area contributed by atoms with Crippen LogP contribution in [0.2, 0.25) is 0 Å². The fourth-order valence-corrected chi connectivity index (χ4v) is 2.54. The number of hydrogen-bond donors (Lipinski definition) is 4. The van der Waals surface area contributed by atoms with Crippen molar-refractivity contribution in [2.75, 3.05) is 26.2 Å². The summed E-state index contributed by atoms with van der Waals surface area (Å²) in [6.07, 6.45) is 11.9. The van der Waals surface area contributed by atoms with Gasteiger partial charge in [-0.2, -0.15) is 0 Å². The Morgan fingerprint density at radius 1 is 0.500 bits per heavy atom. The smallest absolute Gasteiger partial charge is 0.303 e. The Labute approximate surface area is 146 Å². The van der Waals surface area contributed by atoms with Crippen LogP contribution in [0.4, 0.5) is 0 Å². The van der Waals surface area contributed by atoms with Crippen LogP contribution in [0.15, 0.2) is 0 Å². The summed E-state index contributed by atoms with van der Waals surface area (Å²) in [7, 11) is 0. The van der Waals surface area contributed by atoms with E-state index in [9.17, 15) is 9.59 Å². The predicted molar refractivity (Wildman–Crippen MR) is 96.4 cm³/mol. The number of hydrogen-bond acceptors (Lipinski definition) is 4.